The monoisotopic (exact) mass is 356 g/mol. The summed E-state index contributed by atoms with van der Waals surface area (Å²) in [6.07, 6.45) is 3.10. The summed E-state index contributed by atoms with van der Waals surface area (Å²) in [6.45, 7) is 2.10. The van der Waals surface area contributed by atoms with Crippen molar-refractivity contribution in [3.05, 3.63) is 47.2 Å². The van der Waals surface area contributed by atoms with Gasteiger partial charge in [-0.05, 0) is 37.0 Å². The lowest BCUT2D eigenvalue weighted by molar-refractivity contribution is 0.0951. The quantitative estimate of drug-likeness (QED) is 0.609. The molecule has 0 radical (unpaired) electrons. The maximum Gasteiger partial charge on any atom is 0.251 e. The van der Waals surface area contributed by atoms with Crippen molar-refractivity contribution in [2.45, 2.75) is 43.1 Å². The Morgan fingerprint density at radius 3 is 2.56 bits per heavy atom. The number of aryl methyl sites for hydroxylation is 1. The van der Waals surface area contributed by atoms with Crippen LogP contribution in [-0.2, 0) is 12.2 Å². The van der Waals surface area contributed by atoms with Gasteiger partial charge < -0.3 is 10.2 Å². The Morgan fingerprint density at radius 2 is 1.96 bits per heavy atom. The molecule has 2 aromatic rings. The molecule has 0 spiro atoms. The van der Waals surface area contributed by atoms with Gasteiger partial charge in [0.15, 0.2) is 5.16 Å². The van der Waals surface area contributed by atoms with Gasteiger partial charge in [0, 0.05) is 43.2 Å². The van der Waals surface area contributed by atoms with Gasteiger partial charge in [-0.3, -0.25) is 4.79 Å². The van der Waals surface area contributed by atoms with E-state index in [0.29, 0.717) is 6.04 Å². The summed E-state index contributed by atoms with van der Waals surface area (Å²) in [4.78, 5) is 23.2. The molecule has 1 aromatic carbocycles. The van der Waals surface area contributed by atoms with Gasteiger partial charge >= 0.3 is 0 Å². The Bertz CT molecular complexity index is 742. The second kappa shape index (κ2) is 7.87. The van der Waals surface area contributed by atoms with Crippen LogP contribution in [0.15, 0.2) is 35.5 Å². The first kappa shape index (κ1) is 17.7. The molecule has 1 saturated carbocycles. The van der Waals surface area contributed by atoms with Crippen molar-refractivity contribution >= 4 is 23.5 Å². The molecule has 0 aliphatic heterocycles. The Hall–Kier alpha value is -2.08. The SMILES string of the molecule is CCc1cc(N(C)C)nc(SCc2ccc(C(=O)NC3CC3)cc2)n1. The van der Waals surface area contributed by atoms with Gasteiger partial charge in [0.1, 0.15) is 5.82 Å². The van der Waals surface area contributed by atoms with Crippen LogP contribution in [-0.4, -0.2) is 36.0 Å². The number of benzene rings is 1. The van der Waals surface area contributed by atoms with Crippen molar-refractivity contribution in [1.82, 2.24) is 15.3 Å². The molecule has 1 N–H and O–H groups in total. The van der Waals surface area contributed by atoms with Crippen LogP contribution in [0, 0.1) is 0 Å². The molecule has 5 nitrogen and oxygen atoms in total. The third kappa shape index (κ3) is 4.95. The lowest BCUT2D eigenvalue weighted by Crippen LogP contribution is -2.25. The summed E-state index contributed by atoms with van der Waals surface area (Å²) < 4.78 is 0. The summed E-state index contributed by atoms with van der Waals surface area (Å²) in [5.74, 6) is 1.74. The van der Waals surface area contributed by atoms with E-state index in [4.69, 9.17) is 0 Å². The fourth-order valence-corrected chi connectivity index (χ4v) is 3.16. The van der Waals surface area contributed by atoms with E-state index >= 15 is 0 Å². The summed E-state index contributed by atoms with van der Waals surface area (Å²) in [7, 11) is 3.98. The Morgan fingerprint density at radius 1 is 1.24 bits per heavy atom. The molecule has 0 saturated heterocycles. The van der Waals surface area contributed by atoms with Crippen molar-refractivity contribution < 1.29 is 4.79 Å². The highest BCUT2D eigenvalue weighted by Crippen LogP contribution is 2.23. The first-order chi connectivity index (χ1) is 12.0. The molecule has 0 bridgehead atoms. The highest BCUT2D eigenvalue weighted by atomic mass is 32.2. The van der Waals surface area contributed by atoms with Crippen LogP contribution in [0.1, 0.15) is 41.4 Å². The van der Waals surface area contributed by atoms with Gasteiger partial charge in [0.2, 0.25) is 0 Å². The first-order valence-corrected chi connectivity index (χ1v) is 9.61. The first-order valence-electron chi connectivity index (χ1n) is 8.63. The number of hydrogen-bond acceptors (Lipinski definition) is 5. The predicted molar refractivity (Wildman–Crippen MR) is 102 cm³/mol. The second-order valence-electron chi connectivity index (χ2n) is 6.48. The molecule has 1 heterocycles. The van der Waals surface area contributed by atoms with Crippen LogP contribution in [0.25, 0.3) is 0 Å². The third-order valence-corrected chi connectivity index (χ3v) is 4.98. The van der Waals surface area contributed by atoms with E-state index in [1.807, 2.05) is 49.3 Å². The largest absolute Gasteiger partial charge is 0.363 e. The summed E-state index contributed by atoms with van der Waals surface area (Å²) in [5.41, 5.74) is 2.93. The molecular formula is C19H24N4OS. The van der Waals surface area contributed by atoms with Gasteiger partial charge in [-0.2, -0.15) is 0 Å². The highest BCUT2D eigenvalue weighted by Gasteiger charge is 2.23. The smallest absolute Gasteiger partial charge is 0.251 e. The van der Waals surface area contributed by atoms with E-state index in [1.54, 1.807) is 11.8 Å². The van der Waals surface area contributed by atoms with Gasteiger partial charge in [-0.25, -0.2) is 9.97 Å². The molecule has 1 amide bonds. The number of nitrogens with one attached hydrogen (secondary N) is 1. The number of rotatable bonds is 7. The molecule has 0 atom stereocenters. The maximum atomic E-state index is 12.0. The zero-order chi connectivity index (χ0) is 17.8. The fourth-order valence-electron chi connectivity index (χ4n) is 2.33. The maximum absolute atomic E-state index is 12.0. The number of carbonyl (C=O) groups excluding carboxylic acids is 1. The average Bonchev–Trinajstić information content (AvgIpc) is 3.44. The number of aromatic nitrogens is 2. The zero-order valence-corrected chi connectivity index (χ0v) is 15.8. The van der Waals surface area contributed by atoms with Crippen molar-refractivity contribution in [2.75, 3.05) is 19.0 Å². The minimum Gasteiger partial charge on any atom is -0.363 e. The summed E-state index contributed by atoms with van der Waals surface area (Å²) in [5, 5.41) is 3.80. The Labute approximate surface area is 153 Å². The van der Waals surface area contributed by atoms with Gasteiger partial charge in [-0.1, -0.05) is 30.8 Å². The standard InChI is InChI=1S/C19H24N4OS/c1-4-15-11-17(23(2)3)22-19(21-15)25-12-13-5-7-14(8-6-13)18(24)20-16-9-10-16/h5-8,11,16H,4,9-10,12H2,1-3H3,(H,20,24). The molecular weight excluding hydrogens is 332 g/mol. The van der Waals surface area contributed by atoms with Crippen LogP contribution < -0.4 is 10.2 Å². The zero-order valence-electron chi connectivity index (χ0n) is 15.0. The topological polar surface area (TPSA) is 58.1 Å². The Kier molecular flexibility index (Phi) is 5.58. The molecule has 132 valence electrons. The predicted octanol–water partition coefficient (Wildman–Crippen LogP) is 3.29. The number of anilines is 1. The highest BCUT2D eigenvalue weighted by molar-refractivity contribution is 7.98. The summed E-state index contributed by atoms with van der Waals surface area (Å²) in [6, 6.07) is 10.2. The van der Waals surface area contributed by atoms with Gasteiger partial charge in [-0.15, -0.1) is 0 Å². The van der Waals surface area contributed by atoms with Crippen molar-refractivity contribution in [1.29, 1.82) is 0 Å². The molecule has 25 heavy (non-hydrogen) atoms. The van der Waals surface area contributed by atoms with E-state index in [2.05, 4.69) is 22.2 Å². The summed E-state index contributed by atoms with van der Waals surface area (Å²) >= 11 is 1.62. The molecule has 3 rings (SSSR count). The number of nitrogens with zero attached hydrogens (tertiary/aromatic N) is 3. The van der Waals surface area contributed by atoms with Crippen LogP contribution in [0.2, 0.25) is 0 Å². The molecule has 1 aromatic heterocycles. The van der Waals surface area contributed by atoms with Crippen LogP contribution in [0.3, 0.4) is 0 Å². The lowest BCUT2D eigenvalue weighted by Gasteiger charge is -2.13. The van der Waals surface area contributed by atoms with E-state index in [-0.39, 0.29) is 5.91 Å². The van der Waals surface area contributed by atoms with Crippen LogP contribution >= 0.6 is 11.8 Å². The van der Waals surface area contributed by atoms with Crippen LogP contribution in [0.5, 0.6) is 0 Å². The minimum absolute atomic E-state index is 0.0244. The molecule has 6 heteroatoms. The van der Waals surface area contributed by atoms with E-state index in [1.165, 1.54) is 0 Å². The normalized spacial score (nSPS) is 13.6. The second-order valence-corrected chi connectivity index (χ2v) is 7.42. The third-order valence-electron chi connectivity index (χ3n) is 4.06. The fraction of sp³-hybridized carbons (Fsp3) is 0.421. The van der Waals surface area contributed by atoms with E-state index < -0.39 is 0 Å². The van der Waals surface area contributed by atoms with Crippen LogP contribution in [0.4, 0.5) is 5.82 Å². The lowest BCUT2D eigenvalue weighted by atomic mass is 10.1. The van der Waals surface area contributed by atoms with Crippen molar-refractivity contribution in [3.8, 4) is 0 Å². The van der Waals surface area contributed by atoms with Gasteiger partial charge in [0.25, 0.3) is 5.91 Å². The molecule has 1 aliphatic rings. The average molecular weight is 356 g/mol. The number of carbonyl (C=O) groups is 1. The molecule has 1 fully saturated rings. The number of thioether (sulfide) groups is 1. The molecule has 1 aliphatic carbocycles. The van der Waals surface area contributed by atoms with Gasteiger partial charge in [0.05, 0.1) is 0 Å². The van der Waals surface area contributed by atoms with E-state index in [0.717, 1.165) is 52.8 Å². The minimum atomic E-state index is 0.0244. The number of hydrogen-bond donors (Lipinski definition) is 1. The number of amides is 1. The van der Waals surface area contributed by atoms with Crippen molar-refractivity contribution in [2.24, 2.45) is 0 Å². The van der Waals surface area contributed by atoms with E-state index in [9.17, 15) is 4.79 Å². The Balaban J connectivity index is 1.63. The van der Waals surface area contributed by atoms with Crippen molar-refractivity contribution in [3.63, 3.8) is 0 Å². The molecule has 0 unspecified atom stereocenters.